The van der Waals surface area contributed by atoms with Gasteiger partial charge in [0.05, 0.1) is 18.3 Å². The van der Waals surface area contributed by atoms with E-state index >= 15 is 0 Å². The molecule has 2 aromatic rings. The molecule has 1 aliphatic rings. The Labute approximate surface area is 138 Å². The maximum absolute atomic E-state index is 12.8. The van der Waals surface area contributed by atoms with E-state index in [9.17, 15) is 9.59 Å². The van der Waals surface area contributed by atoms with E-state index in [-0.39, 0.29) is 11.8 Å². The number of aromatic nitrogens is 2. The minimum atomic E-state index is -1.06. The number of carbonyl (C=O) groups excluding carboxylic acids is 2. The van der Waals surface area contributed by atoms with Crippen LogP contribution >= 0.6 is 11.3 Å². The van der Waals surface area contributed by atoms with Gasteiger partial charge in [0.15, 0.2) is 5.54 Å². The van der Waals surface area contributed by atoms with Crippen molar-refractivity contribution >= 4 is 23.2 Å². The largest absolute Gasteiger partial charge is 0.357 e. The normalized spacial score (nSPS) is 20.5. The third kappa shape index (κ3) is 2.72. The van der Waals surface area contributed by atoms with Crippen LogP contribution in [0.2, 0.25) is 0 Å². The number of hydrogen-bond donors (Lipinski definition) is 1. The zero-order chi connectivity index (χ0) is 16.3. The molecule has 1 atom stereocenters. The zero-order valence-corrected chi connectivity index (χ0v) is 13.7. The van der Waals surface area contributed by atoms with Crippen molar-refractivity contribution in [1.82, 2.24) is 20.2 Å². The molecular weight excluding hydrogens is 312 g/mol. The molecular formula is C16H18N4O2S. The molecule has 0 spiro atoms. The summed E-state index contributed by atoms with van der Waals surface area (Å²) in [5.74, 6) is -0.274. The Morgan fingerprint density at radius 1 is 1.43 bits per heavy atom. The van der Waals surface area contributed by atoms with Crippen LogP contribution in [0.15, 0.2) is 35.4 Å². The fraction of sp³-hybridized carbons (Fsp3) is 0.375. The average Bonchev–Trinajstić information content (AvgIpc) is 3.24. The van der Waals surface area contributed by atoms with Gasteiger partial charge in [-0.3, -0.25) is 19.6 Å². The predicted octanol–water partition coefficient (Wildman–Crippen LogP) is 1.34. The molecule has 1 N–H and O–H groups in total. The Morgan fingerprint density at radius 2 is 2.30 bits per heavy atom. The van der Waals surface area contributed by atoms with Gasteiger partial charge in [0.25, 0.3) is 5.91 Å². The Hall–Kier alpha value is -2.28. The molecule has 0 bridgehead atoms. The first-order valence-electron chi connectivity index (χ1n) is 7.48. The molecule has 23 heavy (non-hydrogen) atoms. The molecule has 0 aliphatic carbocycles. The summed E-state index contributed by atoms with van der Waals surface area (Å²) in [6.45, 7) is 0.549. The van der Waals surface area contributed by atoms with Gasteiger partial charge in [-0.25, -0.2) is 0 Å². The summed E-state index contributed by atoms with van der Waals surface area (Å²) >= 11 is 1.56. The highest BCUT2D eigenvalue weighted by atomic mass is 32.1. The van der Waals surface area contributed by atoms with Gasteiger partial charge in [0, 0.05) is 26.0 Å². The second-order valence-corrected chi connectivity index (χ2v) is 6.27. The molecule has 7 heteroatoms. The fourth-order valence-corrected chi connectivity index (χ4v) is 3.83. The van der Waals surface area contributed by atoms with Crippen LogP contribution in [0.4, 0.5) is 0 Å². The van der Waals surface area contributed by atoms with E-state index < -0.39 is 5.54 Å². The Kier molecular flexibility index (Phi) is 4.38. The van der Waals surface area contributed by atoms with Gasteiger partial charge in [-0.05, 0) is 35.2 Å². The summed E-state index contributed by atoms with van der Waals surface area (Å²) in [5, 5.41) is 6.59. The summed E-state index contributed by atoms with van der Waals surface area (Å²) in [6.07, 6.45) is 6.31. The van der Waals surface area contributed by atoms with Crippen molar-refractivity contribution in [1.29, 1.82) is 0 Å². The van der Waals surface area contributed by atoms with Gasteiger partial charge in [-0.1, -0.05) is 0 Å². The van der Waals surface area contributed by atoms with Crippen molar-refractivity contribution in [3.8, 4) is 0 Å². The summed E-state index contributed by atoms with van der Waals surface area (Å²) in [4.78, 5) is 35.6. The number of amides is 2. The van der Waals surface area contributed by atoms with E-state index in [0.29, 0.717) is 25.1 Å². The number of likely N-dealkylation sites (tertiary alicyclic amines) is 1. The van der Waals surface area contributed by atoms with E-state index in [1.807, 2.05) is 16.8 Å². The molecule has 2 amide bonds. The topological polar surface area (TPSA) is 75.2 Å². The molecule has 1 saturated heterocycles. The number of carbonyl (C=O) groups is 2. The number of likely N-dealkylation sites (N-methyl/N-ethyl adjacent to an activating group) is 1. The summed E-state index contributed by atoms with van der Waals surface area (Å²) in [7, 11) is 1.58. The molecule has 0 aromatic carbocycles. The van der Waals surface area contributed by atoms with Crippen LogP contribution in [0.25, 0.3) is 0 Å². The molecule has 3 heterocycles. The third-order valence-electron chi connectivity index (χ3n) is 4.21. The lowest BCUT2D eigenvalue weighted by atomic mass is 9.90. The quantitative estimate of drug-likeness (QED) is 0.918. The molecule has 1 fully saturated rings. The molecule has 3 rings (SSSR count). The van der Waals surface area contributed by atoms with Gasteiger partial charge in [0.1, 0.15) is 0 Å². The SMILES string of the molecule is CNC(=O)[C@@]1(c2cnccn2)CCCN1C(=O)Cc1ccsc1. The highest BCUT2D eigenvalue weighted by Crippen LogP contribution is 2.38. The first-order chi connectivity index (χ1) is 11.2. The van der Waals surface area contributed by atoms with Crippen LogP contribution in [0, 0.1) is 0 Å². The van der Waals surface area contributed by atoms with Gasteiger partial charge in [-0.15, -0.1) is 0 Å². The summed E-state index contributed by atoms with van der Waals surface area (Å²) in [5.41, 5.74) is 0.434. The van der Waals surface area contributed by atoms with E-state index in [4.69, 9.17) is 0 Å². The van der Waals surface area contributed by atoms with Gasteiger partial charge in [-0.2, -0.15) is 11.3 Å². The van der Waals surface area contributed by atoms with Crippen LogP contribution in [-0.4, -0.2) is 40.3 Å². The fourth-order valence-electron chi connectivity index (χ4n) is 3.16. The second kappa shape index (κ2) is 6.45. The first kappa shape index (κ1) is 15.6. The van der Waals surface area contributed by atoms with Gasteiger partial charge >= 0.3 is 0 Å². The van der Waals surface area contributed by atoms with Gasteiger partial charge in [0.2, 0.25) is 5.91 Å². The second-order valence-electron chi connectivity index (χ2n) is 5.49. The lowest BCUT2D eigenvalue weighted by Crippen LogP contribution is -2.55. The van der Waals surface area contributed by atoms with Crippen LogP contribution in [-0.2, 0) is 21.5 Å². The Bertz CT molecular complexity index is 689. The van der Waals surface area contributed by atoms with Crippen LogP contribution in [0.1, 0.15) is 24.1 Å². The van der Waals surface area contributed by atoms with Crippen molar-refractivity contribution in [2.75, 3.05) is 13.6 Å². The first-order valence-corrected chi connectivity index (χ1v) is 8.43. The van der Waals surface area contributed by atoms with E-state index in [1.165, 1.54) is 0 Å². The molecule has 0 saturated carbocycles. The lowest BCUT2D eigenvalue weighted by molar-refractivity contribution is -0.145. The summed E-state index contributed by atoms with van der Waals surface area (Å²) in [6, 6.07) is 1.93. The number of hydrogen-bond acceptors (Lipinski definition) is 5. The number of rotatable bonds is 4. The zero-order valence-electron chi connectivity index (χ0n) is 12.9. The minimum absolute atomic E-state index is 0.0600. The van der Waals surface area contributed by atoms with Crippen molar-refractivity contribution < 1.29 is 9.59 Å². The predicted molar refractivity (Wildman–Crippen MR) is 86.7 cm³/mol. The molecule has 0 radical (unpaired) electrons. The Balaban J connectivity index is 1.97. The smallest absolute Gasteiger partial charge is 0.252 e. The molecule has 0 unspecified atom stereocenters. The van der Waals surface area contributed by atoms with E-state index in [2.05, 4.69) is 15.3 Å². The average molecular weight is 330 g/mol. The van der Waals surface area contributed by atoms with Gasteiger partial charge < -0.3 is 10.2 Å². The number of thiophene rings is 1. The molecule has 6 nitrogen and oxygen atoms in total. The van der Waals surface area contributed by atoms with Crippen molar-refractivity contribution in [2.45, 2.75) is 24.8 Å². The molecule has 1 aliphatic heterocycles. The van der Waals surface area contributed by atoms with E-state index in [0.717, 1.165) is 12.0 Å². The van der Waals surface area contributed by atoms with Crippen molar-refractivity contribution in [2.24, 2.45) is 0 Å². The van der Waals surface area contributed by atoms with Crippen LogP contribution in [0.5, 0.6) is 0 Å². The van der Waals surface area contributed by atoms with E-state index in [1.54, 1.807) is 41.9 Å². The van der Waals surface area contributed by atoms with Crippen molar-refractivity contribution in [3.63, 3.8) is 0 Å². The maximum atomic E-state index is 12.8. The minimum Gasteiger partial charge on any atom is -0.357 e. The highest BCUT2D eigenvalue weighted by molar-refractivity contribution is 7.08. The van der Waals surface area contributed by atoms with Crippen LogP contribution < -0.4 is 5.32 Å². The lowest BCUT2D eigenvalue weighted by Gasteiger charge is -2.36. The summed E-state index contributed by atoms with van der Waals surface area (Å²) < 4.78 is 0. The molecule has 2 aromatic heterocycles. The highest BCUT2D eigenvalue weighted by Gasteiger charge is 2.51. The monoisotopic (exact) mass is 330 g/mol. The number of nitrogens with one attached hydrogen (secondary N) is 1. The Morgan fingerprint density at radius 3 is 2.96 bits per heavy atom. The molecule has 120 valence electrons. The maximum Gasteiger partial charge on any atom is 0.252 e. The third-order valence-corrected chi connectivity index (χ3v) is 4.94. The standard InChI is InChI=1S/C16H18N4O2S/c1-17-15(22)16(13-10-18-5-6-19-13)4-2-7-20(16)14(21)9-12-3-8-23-11-12/h3,5-6,8,10-11H,2,4,7,9H2,1H3,(H,17,22)/t16-/m0/s1. The van der Waals surface area contributed by atoms with Crippen LogP contribution in [0.3, 0.4) is 0 Å². The number of nitrogens with zero attached hydrogens (tertiary/aromatic N) is 3. The van der Waals surface area contributed by atoms with Crippen molar-refractivity contribution in [3.05, 3.63) is 46.7 Å².